The van der Waals surface area contributed by atoms with Gasteiger partial charge in [-0.3, -0.25) is 4.79 Å². The van der Waals surface area contributed by atoms with E-state index in [0.717, 1.165) is 12.1 Å². The molecule has 0 radical (unpaired) electrons. The number of unbranched alkanes of at least 4 members (excludes halogenated alkanes) is 1. The van der Waals surface area contributed by atoms with Crippen LogP contribution in [0.5, 0.6) is 0 Å². The molecule has 0 spiro atoms. The number of aliphatic hydroxyl groups is 2. The largest absolute Gasteiger partial charge is 0.481 e. The number of carboxylic acid groups (broad SMARTS) is 1. The lowest BCUT2D eigenvalue weighted by atomic mass is 9.91. The van der Waals surface area contributed by atoms with E-state index >= 15 is 0 Å². The number of aliphatic carboxylic acids is 1. The first-order valence-electron chi connectivity index (χ1n) is 10.4. The fourth-order valence-electron chi connectivity index (χ4n) is 3.73. The summed E-state index contributed by atoms with van der Waals surface area (Å²) in [5.41, 5.74) is -0.550. The molecule has 2 rings (SSSR count). The molecule has 178 valence electrons. The lowest BCUT2D eigenvalue weighted by Crippen LogP contribution is -2.31. The van der Waals surface area contributed by atoms with E-state index in [1.165, 1.54) is 12.1 Å². The van der Waals surface area contributed by atoms with Crippen LogP contribution in [0.25, 0.3) is 0 Å². The summed E-state index contributed by atoms with van der Waals surface area (Å²) in [7, 11) is 0. The van der Waals surface area contributed by atoms with E-state index in [2.05, 4.69) is 5.32 Å². The lowest BCUT2D eigenvalue weighted by Gasteiger charge is -2.22. The Hall–Kier alpha value is -2.59. The molecule has 4 N–H and O–H groups in total. The minimum absolute atomic E-state index is 0.0706. The van der Waals surface area contributed by atoms with Gasteiger partial charge in [0.1, 0.15) is 0 Å². The Kier molecular flexibility index (Phi) is 9.52. The molecule has 32 heavy (non-hydrogen) atoms. The molecule has 0 saturated heterocycles. The molecule has 4 atom stereocenters. The first-order chi connectivity index (χ1) is 15.1. The quantitative estimate of drug-likeness (QED) is 0.314. The second-order valence-electron chi connectivity index (χ2n) is 7.84. The first-order valence-corrected chi connectivity index (χ1v) is 10.4. The van der Waals surface area contributed by atoms with Crippen molar-refractivity contribution in [2.24, 2.45) is 11.8 Å². The van der Waals surface area contributed by atoms with Gasteiger partial charge in [-0.05, 0) is 49.3 Å². The Morgan fingerprint density at radius 2 is 1.88 bits per heavy atom. The van der Waals surface area contributed by atoms with Gasteiger partial charge in [0.2, 0.25) is 0 Å². The van der Waals surface area contributed by atoms with Crippen LogP contribution in [0.15, 0.2) is 36.4 Å². The van der Waals surface area contributed by atoms with Gasteiger partial charge in [-0.2, -0.15) is 13.2 Å². The minimum atomic E-state index is -4.48. The number of nitrogens with one attached hydrogen (secondary N) is 1. The van der Waals surface area contributed by atoms with Crippen molar-refractivity contribution in [2.75, 3.05) is 6.61 Å². The molecule has 0 heterocycles. The number of amides is 1. The summed E-state index contributed by atoms with van der Waals surface area (Å²) in [5, 5.41) is 31.4. The van der Waals surface area contributed by atoms with Crippen molar-refractivity contribution < 1.29 is 42.8 Å². The van der Waals surface area contributed by atoms with E-state index in [9.17, 15) is 33.0 Å². The van der Waals surface area contributed by atoms with Crippen LogP contribution in [0.2, 0.25) is 0 Å². The summed E-state index contributed by atoms with van der Waals surface area (Å²) in [6, 6.07) is 4.58. The SMILES string of the molecule is O=C(O)CCC/C=C\C[C@@H]1[C@@H](COC(=O)NCc2cccc(C(F)(F)F)c2)[C@H](O)C[C@H]1O. The van der Waals surface area contributed by atoms with Gasteiger partial charge in [-0.15, -0.1) is 0 Å². The molecule has 1 aliphatic rings. The van der Waals surface area contributed by atoms with Crippen molar-refractivity contribution in [1.82, 2.24) is 5.32 Å². The third-order valence-electron chi connectivity index (χ3n) is 5.46. The van der Waals surface area contributed by atoms with E-state index in [4.69, 9.17) is 9.84 Å². The van der Waals surface area contributed by atoms with Gasteiger partial charge in [0.25, 0.3) is 0 Å². The van der Waals surface area contributed by atoms with Gasteiger partial charge in [0.15, 0.2) is 0 Å². The molecule has 1 amide bonds. The van der Waals surface area contributed by atoms with Crippen LogP contribution in [-0.4, -0.2) is 46.2 Å². The molecule has 1 fully saturated rings. The van der Waals surface area contributed by atoms with Gasteiger partial charge in [0, 0.05) is 18.9 Å². The van der Waals surface area contributed by atoms with Gasteiger partial charge in [-0.25, -0.2) is 4.79 Å². The summed E-state index contributed by atoms with van der Waals surface area (Å²) >= 11 is 0. The zero-order valence-electron chi connectivity index (χ0n) is 17.4. The molecule has 0 bridgehead atoms. The maximum absolute atomic E-state index is 12.8. The van der Waals surface area contributed by atoms with Crippen LogP contribution in [-0.2, 0) is 22.3 Å². The summed E-state index contributed by atoms with van der Waals surface area (Å²) in [6.45, 7) is -0.300. The number of ether oxygens (including phenoxy) is 1. The Balaban J connectivity index is 1.80. The van der Waals surface area contributed by atoms with Crippen LogP contribution in [0, 0.1) is 11.8 Å². The van der Waals surface area contributed by atoms with E-state index in [0.29, 0.717) is 19.3 Å². The Labute approximate surface area is 183 Å². The van der Waals surface area contributed by atoms with Gasteiger partial charge >= 0.3 is 18.2 Å². The smallest absolute Gasteiger partial charge is 0.416 e. The van der Waals surface area contributed by atoms with E-state index < -0.39 is 41.9 Å². The fraction of sp³-hybridized carbons (Fsp3) is 0.545. The molecule has 1 aromatic carbocycles. The predicted octanol–water partition coefficient (Wildman–Crippen LogP) is 3.49. The van der Waals surface area contributed by atoms with Crippen molar-refractivity contribution in [2.45, 2.75) is 57.0 Å². The number of hydrogen-bond acceptors (Lipinski definition) is 5. The Morgan fingerprint density at radius 3 is 2.56 bits per heavy atom. The van der Waals surface area contributed by atoms with Gasteiger partial charge in [0.05, 0.1) is 24.4 Å². The van der Waals surface area contributed by atoms with Crippen molar-refractivity contribution in [3.8, 4) is 0 Å². The summed E-state index contributed by atoms with van der Waals surface area (Å²) in [6.07, 6.45) is -1.56. The summed E-state index contributed by atoms with van der Waals surface area (Å²) < 4.78 is 43.4. The number of allylic oxidation sites excluding steroid dienone is 2. The number of benzene rings is 1. The predicted molar refractivity (Wildman–Crippen MR) is 108 cm³/mol. The van der Waals surface area contributed by atoms with E-state index in [1.807, 2.05) is 12.2 Å². The topological polar surface area (TPSA) is 116 Å². The zero-order chi connectivity index (χ0) is 23.7. The third kappa shape index (κ3) is 8.16. The molecular formula is C22H28F3NO6. The Bertz CT molecular complexity index is 798. The van der Waals surface area contributed by atoms with Crippen molar-refractivity contribution in [1.29, 1.82) is 0 Å². The van der Waals surface area contributed by atoms with Crippen molar-refractivity contribution >= 4 is 12.1 Å². The van der Waals surface area contributed by atoms with E-state index in [1.54, 1.807) is 0 Å². The van der Waals surface area contributed by atoms with Crippen LogP contribution in [0.1, 0.15) is 43.2 Å². The monoisotopic (exact) mass is 459 g/mol. The molecule has 0 unspecified atom stereocenters. The molecule has 1 aromatic rings. The number of hydrogen-bond donors (Lipinski definition) is 4. The average molecular weight is 459 g/mol. The summed E-state index contributed by atoms with van der Waals surface area (Å²) in [4.78, 5) is 22.5. The third-order valence-corrected chi connectivity index (χ3v) is 5.46. The van der Waals surface area contributed by atoms with Crippen LogP contribution >= 0.6 is 0 Å². The highest BCUT2D eigenvalue weighted by molar-refractivity contribution is 5.67. The number of alkyl carbamates (subject to hydrolysis) is 1. The number of halogens is 3. The van der Waals surface area contributed by atoms with Crippen LogP contribution in [0.3, 0.4) is 0 Å². The number of alkyl halides is 3. The standard InChI is InChI=1S/C22H28F3NO6/c23-22(24,25)15-7-5-6-14(10-15)12-26-21(31)32-13-17-16(18(27)11-19(17)28)8-3-1-2-4-9-20(29)30/h1,3,5-7,10,16-19,27-28H,2,4,8-9,11-13H2,(H,26,31)(H,29,30)/b3-1-/t16-,17-,18-,19-/m1/s1. The molecule has 7 nitrogen and oxygen atoms in total. The molecule has 1 saturated carbocycles. The highest BCUT2D eigenvalue weighted by atomic mass is 19.4. The molecular weight excluding hydrogens is 431 g/mol. The molecule has 1 aliphatic carbocycles. The first kappa shape index (κ1) is 25.7. The second kappa shape index (κ2) is 11.9. The van der Waals surface area contributed by atoms with Crippen LogP contribution < -0.4 is 5.32 Å². The van der Waals surface area contributed by atoms with E-state index in [-0.39, 0.29) is 37.5 Å². The lowest BCUT2D eigenvalue weighted by molar-refractivity contribution is -0.138. The average Bonchev–Trinajstić information content (AvgIpc) is 2.99. The minimum Gasteiger partial charge on any atom is -0.481 e. The number of aliphatic hydroxyl groups excluding tert-OH is 2. The van der Waals surface area contributed by atoms with Gasteiger partial charge in [-0.1, -0.05) is 24.3 Å². The van der Waals surface area contributed by atoms with Gasteiger partial charge < -0.3 is 25.4 Å². The normalized spacial score (nSPS) is 23.4. The zero-order valence-corrected chi connectivity index (χ0v) is 17.4. The number of rotatable bonds is 10. The van der Waals surface area contributed by atoms with Crippen LogP contribution in [0.4, 0.5) is 18.0 Å². The Morgan fingerprint density at radius 1 is 1.16 bits per heavy atom. The van der Waals surface area contributed by atoms with Crippen molar-refractivity contribution in [3.05, 3.63) is 47.5 Å². The number of carbonyl (C=O) groups excluding carboxylic acids is 1. The summed E-state index contributed by atoms with van der Waals surface area (Å²) in [5.74, 6) is -1.69. The molecule has 0 aliphatic heterocycles. The molecule has 10 heteroatoms. The maximum Gasteiger partial charge on any atom is 0.416 e. The van der Waals surface area contributed by atoms with Crippen molar-refractivity contribution in [3.63, 3.8) is 0 Å². The molecule has 0 aromatic heterocycles. The number of carbonyl (C=O) groups is 2. The highest BCUT2D eigenvalue weighted by Gasteiger charge is 2.41. The fourth-order valence-corrected chi connectivity index (χ4v) is 3.73. The maximum atomic E-state index is 12.8. The highest BCUT2D eigenvalue weighted by Crippen LogP contribution is 2.35. The number of carboxylic acids is 1. The second-order valence-corrected chi connectivity index (χ2v) is 7.84.